The van der Waals surface area contributed by atoms with Crippen LogP contribution in [0.3, 0.4) is 0 Å². The van der Waals surface area contributed by atoms with Gasteiger partial charge in [-0.2, -0.15) is 0 Å². The Morgan fingerprint density at radius 2 is 1.69 bits per heavy atom. The molecule has 0 unspecified atom stereocenters. The summed E-state index contributed by atoms with van der Waals surface area (Å²) in [5, 5.41) is 0. The van der Waals surface area contributed by atoms with Gasteiger partial charge in [0, 0.05) is 16.4 Å². The Morgan fingerprint density at radius 1 is 1.06 bits per heavy atom. The quantitative estimate of drug-likeness (QED) is 0.600. The summed E-state index contributed by atoms with van der Waals surface area (Å²) in [5.74, 6) is 1.04. The van der Waals surface area contributed by atoms with Crippen LogP contribution in [0, 0.1) is 6.92 Å². The van der Waals surface area contributed by atoms with Crippen LogP contribution in [0.2, 0.25) is 0 Å². The highest BCUT2D eigenvalue weighted by atomic mass is 32.2. The Bertz CT molecular complexity index is 343. The van der Waals surface area contributed by atoms with E-state index in [1.807, 2.05) is 39.5 Å². The third-order valence-electron chi connectivity index (χ3n) is 1.86. The van der Waals surface area contributed by atoms with Crippen molar-refractivity contribution >= 4 is 23.2 Å². The van der Waals surface area contributed by atoms with Gasteiger partial charge >= 0.3 is 0 Å². The minimum absolute atomic E-state index is 1.04. The second-order valence-electron chi connectivity index (χ2n) is 3.11. The highest BCUT2D eigenvalue weighted by Gasteiger charge is 2.08. The molecule has 1 aromatic carbocycles. The maximum absolute atomic E-state index is 4.50. The monoisotopic (exact) mass is 237 g/mol. The van der Waals surface area contributed by atoms with Crippen molar-refractivity contribution in [3.05, 3.63) is 23.8 Å². The number of hydrogen-bond donors (Lipinski definition) is 0. The predicted molar refractivity (Wildman–Crippen MR) is 77.4 cm³/mol. The van der Waals surface area contributed by atoms with Crippen LogP contribution in [-0.4, -0.2) is 11.5 Å². The maximum Gasteiger partial charge on any atom is 0.0767 e. The van der Waals surface area contributed by atoms with Crippen molar-refractivity contribution in [2.45, 2.75) is 46.4 Å². The Hall–Kier alpha value is -0.760. The van der Waals surface area contributed by atoms with Crippen molar-refractivity contribution in [2.24, 2.45) is 4.99 Å². The van der Waals surface area contributed by atoms with Crippen molar-refractivity contribution in [3.8, 4) is 0 Å². The number of nitrogens with zero attached hydrogens (tertiary/aromatic N) is 1. The standard InChI is InChI=1S/C10H11NS.2C2H6/c1-7-3-4-10-9(5-7)11-8(2)6-12-10;2*1-2/h3-5H,6H2,1-2H3;2*1-2H3. The fraction of sp³-hybridized carbons (Fsp3) is 0.500. The van der Waals surface area contributed by atoms with Gasteiger partial charge in [0.05, 0.1) is 5.69 Å². The molecule has 0 amide bonds. The molecule has 1 aliphatic heterocycles. The highest BCUT2D eigenvalue weighted by molar-refractivity contribution is 8.00. The average Bonchev–Trinajstić information content (AvgIpc) is 2.33. The van der Waals surface area contributed by atoms with E-state index >= 15 is 0 Å². The van der Waals surface area contributed by atoms with Gasteiger partial charge in [0.25, 0.3) is 0 Å². The molecule has 2 rings (SSSR count). The maximum atomic E-state index is 4.50. The number of benzene rings is 1. The van der Waals surface area contributed by atoms with E-state index in [0.29, 0.717) is 0 Å². The van der Waals surface area contributed by atoms with E-state index in [2.05, 4.69) is 37.0 Å². The van der Waals surface area contributed by atoms with Gasteiger partial charge in [-0.25, -0.2) is 0 Å². The molecule has 0 bridgehead atoms. The lowest BCUT2D eigenvalue weighted by Gasteiger charge is -2.12. The normalized spacial score (nSPS) is 12.2. The van der Waals surface area contributed by atoms with Crippen LogP contribution < -0.4 is 0 Å². The zero-order valence-electron chi connectivity index (χ0n) is 11.3. The van der Waals surface area contributed by atoms with Crippen molar-refractivity contribution in [3.63, 3.8) is 0 Å². The fourth-order valence-electron chi connectivity index (χ4n) is 1.26. The van der Waals surface area contributed by atoms with E-state index in [1.165, 1.54) is 16.2 Å². The molecule has 1 heterocycles. The molecule has 90 valence electrons. The van der Waals surface area contributed by atoms with Gasteiger partial charge in [-0.3, -0.25) is 4.99 Å². The van der Waals surface area contributed by atoms with Gasteiger partial charge in [0.1, 0.15) is 0 Å². The van der Waals surface area contributed by atoms with Crippen LogP contribution >= 0.6 is 11.8 Å². The molecular weight excluding hydrogens is 214 g/mol. The first-order valence-electron chi connectivity index (χ1n) is 6.03. The summed E-state index contributed by atoms with van der Waals surface area (Å²) in [6.45, 7) is 12.2. The van der Waals surface area contributed by atoms with E-state index in [-0.39, 0.29) is 0 Å². The van der Waals surface area contributed by atoms with E-state index in [0.717, 1.165) is 11.4 Å². The van der Waals surface area contributed by atoms with Gasteiger partial charge < -0.3 is 0 Å². The topological polar surface area (TPSA) is 12.4 Å². The van der Waals surface area contributed by atoms with Gasteiger partial charge in [-0.1, -0.05) is 33.8 Å². The zero-order chi connectivity index (χ0) is 12.6. The van der Waals surface area contributed by atoms with Crippen molar-refractivity contribution < 1.29 is 0 Å². The number of aryl methyl sites for hydroxylation is 1. The molecule has 0 N–H and O–H groups in total. The molecular formula is C14H23NS. The molecule has 0 radical (unpaired) electrons. The van der Waals surface area contributed by atoms with Gasteiger partial charge in [0.2, 0.25) is 0 Å². The van der Waals surface area contributed by atoms with E-state index in [9.17, 15) is 0 Å². The second kappa shape index (κ2) is 8.40. The molecule has 0 saturated carbocycles. The largest absolute Gasteiger partial charge is 0.256 e. The molecule has 0 spiro atoms. The number of fused-ring (bicyclic) bond motifs is 1. The van der Waals surface area contributed by atoms with Crippen LogP contribution in [0.15, 0.2) is 28.1 Å². The summed E-state index contributed by atoms with van der Waals surface area (Å²) >= 11 is 1.87. The number of thioether (sulfide) groups is 1. The molecule has 2 heteroatoms. The van der Waals surface area contributed by atoms with Crippen LogP contribution in [0.4, 0.5) is 5.69 Å². The van der Waals surface area contributed by atoms with Gasteiger partial charge in [-0.05, 0) is 31.5 Å². The van der Waals surface area contributed by atoms with E-state index in [1.54, 1.807) is 0 Å². The lowest BCUT2D eigenvalue weighted by molar-refractivity contribution is 1.30. The summed E-state index contributed by atoms with van der Waals surface area (Å²) in [5.41, 5.74) is 3.65. The molecule has 16 heavy (non-hydrogen) atoms. The van der Waals surface area contributed by atoms with Gasteiger partial charge in [0.15, 0.2) is 0 Å². The summed E-state index contributed by atoms with van der Waals surface area (Å²) < 4.78 is 0. The lowest BCUT2D eigenvalue weighted by atomic mass is 10.2. The molecule has 0 aromatic heterocycles. The first kappa shape index (κ1) is 15.2. The number of rotatable bonds is 0. The minimum atomic E-state index is 1.04. The summed E-state index contributed by atoms with van der Waals surface area (Å²) in [6, 6.07) is 6.44. The fourth-order valence-corrected chi connectivity index (χ4v) is 2.10. The molecule has 0 fully saturated rings. The van der Waals surface area contributed by atoms with Crippen molar-refractivity contribution in [1.82, 2.24) is 0 Å². The third kappa shape index (κ3) is 4.40. The van der Waals surface area contributed by atoms with Crippen LogP contribution in [0.5, 0.6) is 0 Å². The molecule has 0 saturated heterocycles. The first-order valence-corrected chi connectivity index (χ1v) is 7.02. The summed E-state index contributed by atoms with van der Waals surface area (Å²) in [7, 11) is 0. The zero-order valence-corrected chi connectivity index (χ0v) is 12.1. The minimum Gasteiger partial charge on any atom is -0.256 e. The first-order chi connectivity index (χ1) is 7.75. The van der Waals surface area contributed by atoms with E-state index in [4.69, 9.17) is 0 Å². The van der Waals surface area contributed by atoms with Crippen molar-refractivity contribution in [2.75, 3.05) is 5.75 Å². The Labute approximate surface area is 104 Å². The summed E-state index contributed by atoms with van der Waals surface area (Å²) in [6.07, 6.45) is 0. The van der Waals surface area contributed by atoms with Crippen LogP contribution in [0.25, 0.3) is 0 Å². The van der Waals surface area contributed by atoms with E-state index < -0.39 is 0 Å². The van der Waals surface area contributed by atoms with Crippen LogP contribution in [-0.2, 0) is 0 Å². The Kier molecular flexibility index (Phi) is 8.00. The number of aliphatic imine (C=N–C) groups is 1. The third-order valence-corrected chi connectivity index (χ3v) is 3.08. The Balaban J connectivity index is 0.000000509. The molecule has 1 aliphatic rings. The predicted octanol–water partition coefficient (Wildman–Crippen LogP) is 5.25. The molecule has 0 atom stereocenters. The Morgan fingerprint density at radius 3 is 2.31 bits per heavy atom. The summed E-state index contributed by atoms with van der Waals surface area (Å²) in [4.78, 5) is 5.81. The van der Waals surface area contributed by atoms with Gasteiger partial charge in [-0.15, -0.1) is 11.8 Å². The SMILES string of the molecule is CC.CC.CC1=Nc2cc(C)ccc2SC1. The molecule has 0 aliphatic carbocycles. The van der Waals surface area contributed by atoms with Crippen molar-refractivity contribution in [1.29, 1.82) is 0 Å². The lowest BCUT2D eigenvalue weighted by Crippen LogP contribution is -1.99. The second-order valence-corrected chi connectivity index (χ2v) is 4.12. The number of hydrogen-bond acceptors (Lipinski definition) is 2. The van der Waals surface area contributed by atoms with Crippen LogP contribution in [0.1, 0.15) is 40.2 Å². The molecule has 1 aromatic rings. The smallest absolute Gasteiger partial charge is 0.0767 e. The average molecular weight is 237 g/mol. The highest BCUT2D eigenvalue weighted by Crippen LogP contribution is 2.34. The molecule has 1 nitrogen and oxygen atoms in total.